The summed E-state index contributed by atoms with van der Waals surface area (Å²) in [6, 6.07) is 3.10. The van der Waals surface area contributed by atoms with Gasteiger partial charge in [-0.3, -0.25) is 0 Å². The molecule has 1 aromatic heterocycles. The monoisotopic (exact) mass is 193 g/mol. The van der Waals surface area contributed by atoms with Crippen LogP contribution < -0.4 is 5.32 Å². The van der Waals surface area contributed by atoms with Gasteiger partial charge in [-0.15, -0.1) is 11.3 Å². The molecule has 0 radical (unpaired) electrons. The van der Waals surface area contributed by atoms with Gasteiger partial charge in [0.1, 0.15) is 0 Å². The van der Waals surface area contributed by atoms with Gasteiger partial charge < -0.3 is 5.32 Å². The molecule has 1 fully saturated rings. The molecule has 3 rings (SSSR count). The Kier molecular flexibility index (Phi) is 1.74. The Morgan fingerprint density at radius 2 is 2.38 bits per heavy atom. The standard InChI is InChI=1S/C11H15NS/c1-7-6-9-10(13-7)3-2-8-4-5-12-11(8)9/h6,8,11-12H,2-5H2,1H3. The summed E-state index contributed by atoms with van der Waals surface area (Å²) in [4.78, 5) is 3.13. The molecule has 1 saturated heterocycles. The van der Waals surface area contributed by atoms with Crippen LogP contribution in [-0.4, -0.2) is 6.54 Å². The first-order valence-electron chi connectivity index (χ1n) is 5.17. The highest BCUT2D eigenvalue weighted by molar-refractivity contribution is 7.12. The molecule has 0 aromatic carbocycles. The van der Waals surface area contributed by atoms with Crippen molar-refractivity contribution in [1.29, 1.82) is 0 Å². The molecule has 2 atom stereocenters. The van der Waals surface area contributed by atoms with Crippen LogP contribution >= 0.6 is 11.3 Å². The molecule has 1 aliphatic heterocycles. The third kappa shape index (κ3) is 1.16. The summed E-state index contributed by atoms with van der Waals surface area (Å²) in [6.07, 6.45) is 4.13. The molecule has 0 spiro atoms. The number of nitrogens with one attached hydrogen (secondary N) is 1. The molecule has 1 N–H and O–H groups in total. The lowest BCUT2D eigenvalue weighted by molar-refractivity contribution is 0.409. The topological polar surface area (TPSA) is 12.0 Å². The maximum absolute atomic E-state index is 3.63. The molecule has 2 heterocycles. The van der Waals surface area contributed by atoms with Crippen molar-refractivity contribution in [2.45, 2.75) is 32.2 Å². The van der Waals surface area contributed by atoms with Gasteiger partial charge in [0.2, 0.25) is 0 Å². The van der Waals surface area contributed by atoms with Gasteiger partial charge >= 0.3 is 0 Å². The quantitative estimate of drug-likeness (QED) is 0.668. The third-order valence-electron chi connectivity index (χ3n) is 3.39. The van der Waals surface area contributed by atoms with E-state index >= 15 is 0 Å². The summed E-state index contributed by atoms with van der Waals surface area (Å²) in [7, 11) is 0. The van der Waals surface area contributed by atoms with Crippen molar-refractivity contribution >= 4 is 11.3 Å². The van der Waals surface area contributed by atoms with E-state index in [2.05, 4.69) is 18.3 Å². The van der Waals surface area contributed by atoms with E-state index in [1.54, 1.807) is 10.4 Å². The Labute approximate surface area is 83.2 Å². The molecule has 2 aliphatic rings. The largest absolute Gasteiger partial charge is 0.310 e. The first kappa shape index (κ1) is 8.01. The predicted octanol–water partition coefficient (Wildman–Crippen LogP) is 2.65. The molecule has 70 valence electrons. The average Bonchev–Trinajstić information content (AvgIpc) is 2.65. The summed E-state index contributed by atoms with van der Waals surface area (Å²) in [5.41, 5.74) is 1.62. The summed E-state index contributed by atoms with van der Waals surface area (Å²) in [5.74, 6) is 0.932. The Hall–Kier alpha value is -0.340. The number of thiophene rings is 1. The summed E-state index contributed by atoms with van der Waals surface area (Å²) in [5, 5.41) is 3.63. The van der Waals surface area contributed by atoms with Crippen molar-refractivity contribution in [3.8, 4) is 0 Å². The smallest absolute Gasteiger partial charge is 0.0360 e. The summed E-state index contributed by atoms with van der Waals surface area (Å²) >= 11 is 2.00. The molecule has 1 aliphatic carbocycles. The predicted molar refractivity (Wildman–Crippen MR) is 56.2 cm³/mol. The van der Waals surface area contributed by atoms with Crippen molar-refractivity contribution in [3.63, 3.8) is 0 Å². The van der Waals surface area contributed by atoms with E-state index in [1.807, 2.05) is 11.3 Å². The van der Waals surface area contributed by atoms with E-state index in [0.717, 1.165) is 5.92 Å². The fraction of sp³-hybridized carbons (Fsp3) is 0.636. The molecule has 0 saturated carbocycles. The van der Waals surface area contributed by atoms with Gasteiger partial charge in [0.05, 0.1) is 0 Å². The molecule has 0 amide bonds. The highest BCUT2D eigenvalue weighted by Crippen LogP contribution is 2.42. The van der Waals surface area contributed by atoms with Crippen LogP contribution in [0.5, 0.6) is 0 Å². The minimum atomic E-state index is 0.702. The molecule has 13 heavy (non-hydrogen) atoms. The van der Waals surface area contributed by atoms with Gasteiger partial charge in [0.25, 0.3) is 0 Å². The van der Waals surface area contributed by atoms with Crippen molar-refractivity contribution in [3.05, 3.63) is 21.4 Å². The lowest BCUT2D eigenvalue weighted by Crippen LogP contribution is -2.22. The minimum absolute atomic E-state index is 0.702. The Morgan fingerprint density at radius 1 is 1.46 bits per heavy atom. The number of hydrogen-bond acceptors (Lipinski definition) is 2. The summed E-state index contributed by atoms with van der Waals surface area (Å²) < 4.78 is 0. The molecular weight excluding hydrogens is 178 g/mol. The van der Waals surface area contributed by atoms with Crippen LogP contribution in [0.4, 0.5) is 0 Å². The molecule has 2 heteroatoms. The third-order valence-corrected chi connectivity index (χ3v) is 4.52. The van der Waals surface area contributed by atoms with Gasteiger partial charge in [0.15, 0.2) is 0 Å². The Morgan fingerprint density at radius 3 is 3.31 bits per heavy atom. The second kappa shape index (κ2) is 2.82. The van der Waals surface area contributed by atoms with E-state index in [1.165, 1.54) is 30.7 Å². The minimum Gasteiger partial charge on any atom is -0.310 e. The maximum Gasteiger partial charge on any atom is 0.0360 e. The Bertz CT molecular complexity index is 329. The zero-order valence-electron chi connectivity index (χ0n) is 7.97. The van der Waals surface area contributed by atoms with E-state index in [9.17, 15) is 0 Å². The maximum atomic E-state index is 3.63. The van der Waals surface area contributed by atoms with Crippen LogP contribution in [0, 0.1) is 12.8 Å². The molecule has 0 bridgehead atoms. The van der Waals surface area contributed by atoms with Crippen molar-refractivity contribution < 1.29 is 0 Å². The van der Waals surface area contributed by atoms with Crippen LogP contribution in [0.1, 0.15) is 34.2 Å². The van der Waals surface area contributed by atoms with Crippen LogP contribution in [-0.2, 0) is 6.42 Å². The fourth-order valence-electron chi connectivity index (χ4n) is 2.79. The normalized spacial score (nSPS) is 31.5. The van der Waals surface area contributed by atoms with E-state index in [4.69, 9.17) is 0 Å². The average molecular weight is 193 g/mol. The first-order valence-corrected chi connectivity index (χ1v) is 5.99. The SMILES string of the molecule is Cc1cc2c(s1)CCC1CCNC21. The van der Waals surface area contributed by atoms with Crippen LogP contribution in [0.15, 0.2) is 6.07 Å². The highest BCUT2D eigenvalue weighted by atomic mass is 32.1. The Balaban J connectivity index is 2.05. The first-order chi connectivity index (χ1) is 6.34. The van der Waals surface area contributed by atoms with Gasteiger partial charge in [-0.2, -0.15) is 0 Å². The van der Waals surface area contributed by atoms with Crippen molar-refractivity contribution in [2.75, 3.05) is 6.54 Å². The van der Waals surface area contributed by atoms with Crippen LogP contribution in [0.25, 0.3) is 0 Å². The second-order valence-corrected chi connectivity index (χ2v) is 5.60. The van der Waals surface area contributed by atoms with Gasteiger partial charge in [0, 0.05) is 15.8 Å². The number of fused-ring (bicyclic) bond motifs is 3. The lowest BCUT2D eigenvalue weighted by atomic mass is 9.84. The van der Waals surface area contributed by atoms with Gasteiger partial charge in [-0.1, -0.05) is 0 Å². The molecular formula is C11H15NS. The van der Waals surface area contributed by atoms with E-state index in [-0.39, 0.29) is 0 Å². The molecule has 2 unspecified atom stereocenters. The summed E-state index contributed by atoms with van der Waals surface area (Å²) in [6.45, 7) is 3.45. The zero-order valence-corrected chi connectivity index (χ0v) is 8.79. The van der Waals surface area contributed by atoms with Crippen molar-refractivity contribution in [2.24, 2.45) is 5.92 Å². The highest BCUT2D eigenvalue weighted by Gasteiger charge is 2.33. The van der Waals surface area contributed by atoms with E-state index < -0.39 is 0 Å². The van der Waals surface area contributed by atoms with Crippen LogP contribution in [0.2, 0.25) is 0 Å². The number of aryl methyl sites for hydroxylation is 2. The second-order valence-electron chi connectivity index (χ2n) is 4.25. The van der Waals surface area contributed by atoms with Gasteiger partial charge in [-0.05, 0) is 50.3 Å². The fourth-order valence-corrected chi connectivity index (χ4v) is 3.89. The lowest BCUT2D eigenvalue weighted by Gasteiger charge is -2.25. The zero-order chi connectivity index (χ0) is 8.84. The van der Waals surface area contributed by atoms with Gasteiger partial charge in [-0.25, -0.2) is 0 Å². The number of rotatable bonds is 0. The molecule has 1 nitrogen and oxygen atoms in total. The van der Waals surface area contributed by atoms with E-state index in [0.29, 0.717) is 6.04 Å². The molecule has 1 aromatic rings. The van der Waals surface area contributed by atoms with Crippen LogP contribution in [0.3, 0.4) is 0 Å². The van der Waals surface area contributed by atoms with Crippen molar-refractivity contribution in [1.82, 2.24) is 5.32 Å². The number of hydrogen-bond donors (Lipinski definition) is 1.